The number of hydrogen-bond donors (Lipinski definition) is 2. The van der Waals surface area contributed by atoms with Crippen LogP contribution in [0.1, 0.15) is 0 Å². The van der Waals surface area contributed by atoms with E-state index in [-0.39, 0.29) is 5.56 Å². The molecule has 0 saturated heterocycles. The van der Waals surface area contributed by atoms with Crippen molar-refractivity contribution in [1.29, 1.82) is 0 Å². The highest BCUT2D eigenvalue weighted by Crippen LogP contribution is 2.31. The van der Waals surface area contributed by atoms with Crippen LogP contribution in [-0.4, -0.2) is 22.1 Å². The van der Waals surface area contributed by atoms with Gasteiger partial charge in [-0.15, -0.1) is 0 Å². The lowest BCUT2D eigenvalue weighted by Crippen LogP contribution is -2.13. The van der Waals surface area contributed by atoms with Gasteiger partial charge in [0.15, 0.2) is 5.65 Å². The molecular weight excluding hydrogens is 376 g/mol. The number of ether oxygens (including phenoxy) is 1. The third-order valence-corrected chi connectivity index (χ3v) is 5.04. The largest absolute Gasteiger partial charge is 0.497 e. The van der Waals surface area contributed by atoms with Gasteiger partial charge in [-0.25, -0.2) is 4.98 Å². The van der Waals surface area contributed by atoms with Crippen molar-refractivity contribution >= 4 is 33.4 Å². The Morgan fingerprint density at radius 1 is 0.900 bits per heavy atom. The van der Waals surface area contributed by atoms with E-state index >= 15 is 0 Å². The van der Waals surface area contributed by atoms with Crippen LogP contribution in [-0.2, 0) is 0 Å². The van der Waals surface area contributed by atoms with Crippen molar-refractivity contribution in [2.75, 3.05) is 12.4 Å². The second-order valence-electron chi connectivity index (χ2n) is 6.85. The Labute approximate surface area is 172 Å². The number of rotatable bonds is 4. The zero-order valence-electron chi connectivity index (χ0n) is 16.2. The van der Waals surface area contributed by atoms with E-state index in [1.165, 1.54) is 0 Å². The maximum absolute atomic E-state index is 13.0. The molecule has 0 spiro atoms. The van der Waals surface area contributed by atoms with Crippen molar-refractivity contribution in [3.63, 3.8) is 0 Å². The van der Waals surface area contributed by atoms with Crippen LogP contribution in [0, 0.1) is 0 Å². The summed E-state index contributed by atoms with van der Waals surface area (Å²) in [5.74, 6) is 1.09. The number of benzene rings is 3. The van der Waals surface area contributed by atoms with Crippen LogP contribution in [0.15, 0.2) is 83.8 Å². The molecule has 0 aliphatic rings. The number of aromatic nitrogens is 3. The van der Waals surface area contributed by atoms with E-state index in [2.05, 4.69) is 38.5 Å². The summed E-state index contributed by atoms with van der Waals surface area (Å²) in [6.07, 6.45) is 1.68. The number of pyridine rings is 1. The van der Waals surface area contributed by atoms with Crippen LogP contribution in [0.4, 0.5) is 11.6 Å². The maximum atomic E-state index is 13.0. The van der Waals surface area contributed by atoms with Crippen molar-refractivity contribution in [1.82, 2.24) is 15.0 Å². The highest BCUT2D eigenvalue weighted by molar-refractivity contribution is 6.03. The molecule has 0 bridgehead atoms. The Morgan fingerprint density at radius 2 is 1.70 bits per heavy atom. The fourth-order valence-electron chi connectivity index (χ4n) is 3.62. The number of H-pyrrole nitrogens is 1. The van der Waals surface area contributed by atoms with Gasteiger partial charge in [-0.2, -0.15) is 4.98 Å². The second-order valence-corrected chi connectivity index (χ2v) is 6.85. The summed E-state index contributed by atoms with van der Waals surface area (Å²) in [4.78, 5) is 24.7. The topological polar surface area (TPSA) is 79.9 Å². The minimum absolute atomic E-state index is 0.243. The summed E-state index contributed by atoms with van der Waals surface area (Å²) in [7, 11) is 1.62. The van der Waals surface area contributed by atoms with Gasteiger partial charge in [0, 0.05) is 17.4 Å². The summed E-state index contributed by atoms with van der Waals surface area (Å²) >= 11 is 0. The molecule has 0 amide bonds. The van der Waals surface area contributed by atoms with E-state index in [1.54, 1.807) is 13.3 Å². The molecule has 2 N–H and O–H groups in total. The molecule has 0 unspecified atom stereocenters. The number of methoxy groups -OCH3 is 1. The fourth-order valence-corrected chi connectivity index (χ4v) is 3.62. The van der Waals surface area contributed by atoms with Gasteiger partial charge in [0.25, 0.3) is 5.56 Å². The predicted octanol–water partition coefficient (Wildman–Crippen LogP) is 4.89. The summed E-state index contributed by atoms with van der Waals surface area (Å²) in [6.45, 7) is 0. The van der Waals surface area contributed by atoms with Gasteiger partial charge in [-0.1, -0.05) is 42.5 Å². The molecule has 5 rings (SSSR count). The number of anilines is 2. The molecule has 5 aromatic rings. The van der Waals surface area contributed by atoms with Gasteiger partial charge in [0.2, 0.25) is 5.95 Å². The first-order valence-corrected chi connectivity index (χ1v) is 9.51. The normalized spacial score (nSPS) is 11.0. The van der Waals surface area contributed by atoms with Crippen molar-refractivity contribution in [3.05, 3.63) is 89.3 Å². The van der Waals surface area contributed by atoms with E-state index in [1.807, 2.05) is 54.6 Å². The highest BCUT2D eigenvalue weighted by atomic mass is 16.5. The average molecular weight is 394 g/mol. The lowest BCUT2D eigenvalue weighted by Gasteiger charge is -2.11. The van der Waals surface area contributed by atoms with Gasteiger partial charge >= 0.3 is 0 Å². The van der Waals surface area contributed by atoms with Crippen LogP contribution in [0.5, 0.6) is 5.75 Å². The van der Waals surface area contributed by atoms with Crippen LogP contribution in [0.25, 0.3) is 32.9 Å². The van der Waals surface area contributed by atoms with Crippen molar-refractivity contribution in [2.24, 2.45) is 0 Å². The van der Waals surface area contributed by atoms with Gasteiger partial charge in [0.05, 0.1) is 12.5 Å². The predicted molar refractivity (Wildman–Crippen MR) is 119 cm³/mol. The Hall–Kier alpha value is -4.19. The molecule has 2 heterocycles. The lowest BCUT2D eigenvalue weighted by molar-refractivity contribution is 0.415. The number of nitrogens with zero attached hydrogens (tertiary/aromatic N) is 2. The first-order valence-electron chi connectivity index (χ1n) is 9.51. The Bertz CT molecular complexity index is 1420. The molecule has 0 fully saturated rings. The quantitative estimate of drug-likeness (QED) is 0.454. The summed E-state index contributed by atoms with van der Waals surface area (Å²) in [6, 6.07) is 23.4. The van der Waals surface area contributed by atoms with Gasteiger partial charge in [0.1, 0.15) is 5.75 Å². The first-order chi connectivity index (χ1) is 14.7. The SMILES string of the molecule is COc1ccc(Nc2nc3nccc(-c4cccc5ccccc45)c3c(=O)[nH]2)cc1. The Morgan fingerprint density at radius 3 is 2.53 bits per heavy atom. The molecule has 0 atom stereocenters. The molecule has 146 valence electrons. The first kappa shape index (κ1) is 17.9. The van der Waals surface area contributed by atoms with E-state index in [4.69, 9.17) is 4.74 Å². The molecule has 2 aromatic heterocycles. The van der Waals surface area contributed by atoms with Crippen LogP contribution in [0.2, 0.25) is 0 Å². The van der Waals surface area contributed by atoms with Gasteiger partial charge in [-0.05, 0) is 46.7 Å². The minimum Gasteiger partial charge on any atom is -0.497 e. The second kappa shape index (κ2) is 7.33. The smallest absolute Gasteiger partial charge is 0.262 e. The molecule has 6 nitrogen and oxygen atoms in total. The fraction of sp³-hybridized carbons (Fsp3) is 0.0417. The van der Waals surface area contributed by atoms with Crippen LogP contribution in [0.3, 0.4) is 0 Å². The lowest BCUT2D eigenvalue weighted by atomic mass is 9.97. The van der Waals surface area contributed by atoms with E-state index < -0.39 is 0 Å². The average Bonchev–Trinajstić information content (AvgIpc) is 2.79. The number of hydrogen-bond acceptors (Lipinski definition) is 5. The monoisotopic (exact) mass is 394 g/mol. The highest BCUT2D eigenvalue weighted by Gasteiger charge is 2.13. The summed E-state index contributed by atoms with van der Waals surface area (Å²) in [5, 5.41) is 5.77. The minimum atomic E-state index is -0.243. The van der Waals surface area contributed by atoms with Crippen molar-refractivity contribution < 1.29 is 4.74 Å². The Kier molecular flexibility index (Phi) is 4.37. The van der Waals surface area contributed by atoms with Crippen LogP contribution < -0.4 is 15.6 Å². The molecule has 0 radical (unpaired) electrons. The maximum Gasteiger partial charge on any atom is 0.262 e. The number of fused-ring (bicyclic) bond motifs is 2. The van der Waals surface area contributed by atoms with Crippen molar-refractivity contribution in [3.8, 4) is 16.9 Å². The van der Waals surface area contributed by atoms with Gasteiger partial charge < -0.3 is 10.1 Å². The third kappa shape index (κ3) is 3.14. The van der Waals surface area contributed by atoms with E-state index in [0.29, 0.717) is 17.0 Å². The van der Waals surface area contributed by atoms with Gasteiger partial charge in [-0.3, -0.25) is 9.78 Å². The zero-order chi connectivity index (χ0) is 20.5. The zero-order valence-corrected chi connectivity index (χ0v) is 16.2. The number of nitrogens with one attached hydrogen (secondary N) is 2. The van der Waals surface area contributed by atoms with Crippen molar-refractivity contribution in [2.45, 2.75) is 0 Å². The van der Waals surface area contributed by atoms with E-state index in [9.17, 15) is 4.79 Å². The molecule has 0 aliphatic carbocycles. The summed E-state index contributed by atoms with van der Waals surface area (Å²) in [5.41, 5.74) is 2.71. The number of aromatic amines is 1. The molecule has 3 aromatic carbocycles. The van der Waals surface area contributed by atoms with Crippen LogP contribution >= 0.6 is 0 Å². The molecular formula is C24H18N4O2. The molecule has 30 heavy (non-hydrogen) atoms. The molecule has 0 saturated carbocycles. The Balaban J connectivity index is 1.63. The third-order valence-electron chi connectivity index (χ3n) is 5.04. The molecule has 0 aliphatic heterocycles. The van der Waals surface area contributed by atoms with E-state index in [0.717, 1.165) is 33.3 Å². The summed E-state index contributed by atoms with van der Waals surface area (Å²) < 4.78 is 5.17. The standard InChI is InChI=1S/C24H18N4O2/c1-30-17-11-9-16(10-12-17)26-24-27-22-21(23(29)28-24)20(13-14-25-22)19-8-4-6-15-5-2-3-7-18(15)19/h2-14H,1H3,(H2,25,26,27,28,29). The molecule has 6 heteroatoms.